The highest BCUT2D eigenvalue weighted by molar-refractivity contribution is 6.32. The fraction of sp³-hybridized carbons (Fsp3) is 0.500. The van der Waals surface area contributed by atoms with Crippen LogP contribution in [0.25, 0.3) is 0 Å². The quantitative estimate of drug-likeness (QED) is 0.756. The summed E-state index contributed by atoms with van der Waals surface area (Å²) in [5, 5.41) is 3.96. The monoisotopic (exact) mass is 213 g/mol. The largest absolute Gasteiger partial charge is 0.357 e. The number of rotatable bonds is 5. The van der Waals surface area contributed by atoms with Crippen LogP contribution in [-0.4, -0.2) is 31.7 Å². The molecule has 0 atom stereocenters. The molecule has 14 heavy (non-hydrogen) atoms. The van der Waals surface area contributed by atoms with Crippen molar-refractivity contribution >= 4 is 17.4 Å². The van der Waals surface area contributed by atoms with Crippen LogP contribution >= 0.6 is 11.6 Å². The number of anilines is 1. The topological polar surface area (TPSA) is 28.2 Å². The van der Waals surface area contributed by atoms with Gasteiger partial charge in [0.2, 0.25) is 0 Å². The van der Waals surface area contributed by atoms with E-state index in [0.29, 0.717) is 5.02 Å². The van der Waals surface area contributed by atoms with Crippen molar-refractivity contribution < 1.29 is 0 Å². The first-order valence-electron chi connectivity index (χ1n) is 4.78. The highest BCUT2D eigenvalue weighted by Gasteiger charge is 2.05. The minimum absolute atomic E-state index is 0.700. The Morgan fingerprint density at radius 1 is 1.57 bits per heavy atom. The Labute approximate surface area is 90.1 Å². The van der Waals surface area contributed by atoms with Crippen LogP contribution in [-0.2, 0) is 0 Å². The Balaban J connectivity index is 2.51. The number of aromatic nitrogens is 1. The fourth-order valence-electron chi connectivity index (χ4n) is 1.19. The number of nitrogens with zero attached hydrogens (tertiary/aromatic N) is 2. The van der Waals surface area contributed by atoms with Crippen molar-refractivity contribution in [2.45, 2.75) is 6.92 Å². The summed E-state index contributed by atoms with van der Waals surface area (Å²) in [5.41, 5.74) is 0. The van der Waals surface area contributed by atoms with Gasteiger partial charge in [0.05, 0.1) is 5.02 Å². The molecule has 0 aliphatic heterocycles. The van der Waals surface area contributed by atoms with E-state index < -0.39 is 0 Å². The van der Waals surface area contributed by atoms with Crippen molar-refractivity contribution in [1.82, 2.24) is 10.3 Å². The lowest BCUT2D eigenvalue weighted by atomic mass is 10.4. The van der Waals surface area contributed by atoms with E-state index in [1.54, 1.807) is 6.20 Å². The predicted molar refractivity (Wildman–Crippen MR) is 61.1 cm³/mol. The lowest BCUT2D eigenvalue weighted by Crippen LogP contribution is -2.29. The maximum atomic E-state index is 6.01. The lowest BCUT2D eigenvalue weighted by Gasteiger charge is -2.18. The molecule has 1 aromatic heterocycles. The van der Waals surface area contributed by atoms with Crippen molar-refractivity contribution in [1.29, 1.82) is 0 Å². The zero-order chi connectivity index (χ0) is 10.4. The highest BCUT2D eigenvalue weighted by Crippen LogP contribution is 2.20. The molecule has 0 aromatic carbocycles. The van der Waals surface area contributed by atoms with Crippen molar-refractivity contribution in [3.05, 3.63) is 23.4 Å². The second-order valence-electron chi connectivity index (χ2n) is 3.08. The van der Waals surface area contributed by atoms with Gasteiger partial charge in [-0.05, 0) is 18.7 Å². The van der Waals surface area contributed by atoms with E-state index in [4.69, 9.17) is 11.6 Å². The van der Waals surface area contributed by atoms with E-state index >= 15 is 0 Å². The van der Waals surface area contributed by atoms with E-state index in [0.717, 1.165) is 25.5 Å². The van der Waals surface area contributed by atoms with Gasteiger partial charge in [-0.15, -0.1) is 0 Å². The Morgan fingerprint density at radius 3 is 3.00 bits per heavy atom. The second-order valence-corrected chi connectivity index (χ2v) is 3.49. The van der Waals surface area contributed by atoms with Crippen LogP contribution in [0, 0.1) is 0 Å². The SMILES string of the molecule is CCNCCN(C)c1ncccc1Cl. The van der Waals surface area contributed by atoms with Gasteiger partial charge in [-0.3, -0.25) is 0 Å². The molecule has 0 aliphatic carbocycles. The van der Waals surface area contributed by atoms with Crippen LogP contribution < -0.4 is 10.2 Å². The Morgan fingerprint density at radius 2 is 2.36 bits per heavy atom. The molecule has 3 nitrogen and oxygen atoms in total. The third-order valence-electron chi connectivity index (χ3n) is 1.97. The van der Waals surface area contributed by atoms with Crippen molar-refractivity contribution in [3.8, 4) is 0 Å². The molecular weight excluding hydrogens is 198 g/mol. The van der Waals surface area contributed by atoms with Crippen LogP contribution in [0.2, 0.25) is 5.02 Å². The van der Waals surface area contributed by atoms with Crippen LogP contribution in [0.4, 0.5) is 5.82 Å². The molecule has 4 heteroatoms. The molecule has 0 fully saturated rings. The third kappa shape index (κ3) is 3.16. The normalized spacial score (nSPS) is 10.2. The number of halogens is 1. The summed E-state index contributed by atoms with van der Waals surface area (Å²) in [7, 11) is 1.99. The molecule has 0 saturated heterocycles. The van der Waals surface area contributed by atoms with Crippen LogP contribution in [0.1, 0.15) is 6.92 Å². The van der Waals surface area contributed by atoms with E-state index in [9.17, 15) is 0 Å². The molecule has 0 bridgehead atoms. The standard InChI is InChI=1S/C10H16ClN3/c1-3-12-7-8-14(2)10-9(11)5-4-6-13-10/h4-6,12H,3,7-8H2,1-2H3. The molecule has 0 spiro atoms. The Bertz CT molecular complexity index is 278. The molecule has 1 N–H and O–H groups in total. The average molecular weight is 214 g/mol. The number of hydrogen-bond donors (Lipinski definition) is 1. The first-order chi connectivity index (χ1) is 6.75. The summed E-state index contributed by atoms with van der Waals surface area (Å²) < 4.78 is 0. The summed E-state index contributed by atoms with van der Waals surface area (Å²) in [6.07, 6.45) is 1.75. The third-order valence-corrected chi connectivity index (χ3v) is 2.27. The number of pyridine rings is 1. The maximum absolute atomic E-state index is 6.01. The van der Waals surface area contributed by atoms with E-state index in [1.165, 1.54) is 0 Å². The predicted octanol–water partition coefficient (Wildman–Crippen LogP) is 1.78. The summed E-state index contributed by atoms with van der Waals surface area (Å²) in [4.78, 5) is 6.27. The van der Waals surface area contributed by atoms with Gasteiger partial charge in [-0.1, -0.05) is 18.5 Å². The maximum Gasteiger partial charge on any atom is 0.147 e. The Hall–Kier alpha value is -0.800. The molecule has 78 valence electrons. The smallest absolute Gasteiger partial charge is 0.147 e. The average Bonchev–Trinajstić information content (AvgIpc) is 2.18. The van der Waals surface area contributed by atoms with Gasteiger partial charge in [0.25, 0.3) is 0 Å². The van der Waals surface area contributed by atoms with Gasteiger partial charge in [-0.25, -0.2) is 4.98 Å². The molecule has 0 aliphatic rings. The molecular formula is C10H16ClN3. The minimum Gasteiger partial charge on any atom is -0.357 e. The number of likely N-dealkylation sites (N-methyl/N-ethyl adjacent to an activating group) is 2. The van der Waals surface area contributed by atoms with E-state index in [2.05, 4.69) is 17.2 Å². The zero-order valence-electron chi connectivity index (χ0n) is 8.63. The number of nitrogens with one attached hydrogen (secondary N) is 1. The summed E-state index contributed by atoms with van der Waals surface area (Å²) >= 11 is 6.01. The van der Waals surface area contributed by atoms with Gasteiger partial charge in [0.1, 0.15) is 5.82 Å². The summed E-state index contributed by atoms with van der Waals surface area (Å²) in [5.74, 6) is 0.840. The number of hydrogen-bond acceptors (Lipinski definition) is 3. The van der Waals surface area contributed by atoms with Gasteiger partial charge in [-0.2, -0.15) is 0 Å². The van der Waals surface area contributed by atoms with Crippen molar-refractivity contribution in [2.24, 2.45) is 0 Å². The van der Waals surface area contributed by atoms with E-state index in [1.807, 2.05) is 24.1 Å². The van der Waals surface area contributed by atoms with Gasteiger partial charge in [0, 0.05) is 26.3 Å². The van der Waals surface area contributed by atoms with Crippen LogP contribution in [0.3, 0.4) is 0 Å². The van der Waals surface area contributed by atoms with Crippen molar-refractivity contribution in [2.75, 3.05) is 31.6 Å². The first-order valence-corrected chi connectivity index (χ1v) is 5.16. The highest BCUT2D eigenvalue weighted by atomic mass is 35.5. The van der Waals surface area contributed by atoms with Crippen LogP contribution in [0.15, 0.2) is 18.3 Å². The Kier molecular flexibility index (Phi) is 4.70. The first kappa shape index (κ1) is 11.3. The molecule has 1 heterocycles. The molecule has 0 amide bonds. The van der Waals surface area contributed by atoms with Gasteiger partial charge < -0.3 is 10.2 Å². The fourth-order valence-corrected chi connectivity index (χ4v) is 1.45. The molecule has 0 unspecified atom stereocenters. The lowest BCUT2D eigenvalue weighted by molar-refractivity contribution is 0.703. The zero-order valence-corrected chi connectivity index (χ0v) is 9.38. The molecule has 1 rings (SSSR count). The second kappa shape index (κ2) is 5.83. The van der Waals surface area contributed by atoms with Crippen LogP contribution in [0.5, 0.6) is 0 Å². The molecule has 0 radical (unpaired) electrons. The van der Waals surface area contributed by atoms with Crippen molar-refractivity contribution in [3.63, 3.8) is 0 Å². The summed E-state index contributed by atoms with van der Waals surface area (Å²) in [6, 6.07) is 3.69. The van der Waals surface area contributed by atoms with Gasteiger partial charge >= 0.3 is 0 Å². The van der Waals surface area contributed by atoms with Gasteiger partial charge in [0.15, 0.2) is 0 Å². The summed E-state index contributed by atoms with van der Waals surface area (Å²) in [6.45, 7) is 4.93. The molecule has 1 aromatic rings. The minimum atomic E-state index is 0.700. The molecule has 0 saturated carbocycles. The van der Waals surface area contributed by atoms with E-state index in [-0.39, 0.29) is 0 Å².